The van der Waals surface area contributed by atoms with Crippen molar-refractivity contribution in [1.82, 2.24) is 24.2 Å². The first kappa shape index (κ1) is 18.8. The summed E-state index contributed by atoms with van der Waals surface area (Å²) < 4.78 is 1.56. The molecule has 0 spiro atoms. The van der Waals surface area contributed by atoms with Crippen molar-refractivity contribution < 1.29 is 4.79 Å². The minimum absolute atomic E-state index is 0.0215. The van der Waals surface area contributed by atoms with Crippen LogP contribution in [0.15, 0.2) is 64.9 Å². The van der Waals surface area contributed by atoms with Gasteiger partial charge in [-0.1, -0.05) is 30.3 Å². The van der Waals surface area contributed by atoms with Gasteiger partial charge in [0, 0.05) is 56.1 Å². The van der Waals surface area contributed by atoms with Crippen LogP contribution in [0.2, 0.25) is 0 Å². The number of aromatic amines is 1. The van der Waals surface area contributed by atoms with Gasteiger partial charge in [-0.3, -0.25) is 18.9 Å². The third kappa shape index (κ3) is 3.67. The lowest BCUT2D eigenvalue weighted by Gasteiger charge is -2.34. The van der Waals surface area contributed by atoms with Crippen LogP contribution in [0.1, 0.15) is 16.2 Å². The molecule has 30 heavy (non-hydrogen) atoms. The number of benzene rings is 1. The minimum Gasteiger partial charge on any atom is -0.351 e. The van der Waals surface area contributed by atoms with E-state index in [-0.39, 0.29) is 11.5 Å². The number of carbonyl (C=O) groups excluding carboxylic acids is 1. The van der Waals surface area contributed by atoms with Crippen LogP contribution in [-0.2, 0) is 6.54 Å². The molecule has 1 N–H and O–H groups in total. The number of carbonyl (C=O) groups is 1. The molecule has 8 heteroatoms. The zero-order chi connectivity index (χ0) is 20.5. The Morgan fingerprint density at radius 1 is 1.07 bits per heavy atom. The van der Waals surface area contributed by atoms with Crippen molar-refractivity contribution in [1.29, 1.82) is 0 Å². The van der Waals surface area contributed by atoms with Crippen LogP contribution < -0.4 is 5.56 Å². The molecular formula is C22H21N5O2S. The van der Waals surface area contributed by atoms with E-state index in [1.54, 1.807) is 16.7 Å². The van der Waals surface area contributed by atoms with Crippen molar-refractivity contribution in [3.63, 3.8) is 0 Å². The van der Waals surface area contributed by atoms with Crippen molar-refractivity contribution in [3.8, 4) is 11.3 Å². The summed E-state index contributed by atoms with van der Waals surface area (Å²) in [7, 11) is 0. The van der Waals surface area contributed by atoms with Gasteiger partial charge in [0.1, 0.15) is 5.69 Å². The number of fused-ring (bicyclic) bond motifs is 1. The van der Waals surface area contributed by atoms with E-state index in [1.165, 1.54) is 11.3 Å². The summed E-state index contributed by atoms with van der Waals surface area (Å²) in [6.45, 7) is 3.43. The molecular weight excluding hydrogens is 398 g/mol. The third-order valence-electron chi connectivity index (χ3n) is 5.40. The summed E-state index contributed by atoms with van der Waals surface area (Å²) in [6, 6.07) is 15.4. The SMILES string of the molecule is O=C(c1ccc(-c2ccccc2)[nH]1)N1CCN(Cc2cc(=O)n3ccsc3n2)CC1. The molecule has 0 bridgehead atoms. The molecule has 1 saturated heterocycles. The highest BCUT2D eigenvalue weighted by molar-refractivity contribution is 7.15. The Balaban J connectivity index is 1.22. The van der Waals surface area contributed by atoms with Crippen molar-refractivity contribution in [2.75, 3.05) is 26.2 Å². The molecule has 0 unspecified atom stereocenters. The smallest absolute Gasteiger partial charge is 0.270 e. The lowest BCUT2D eigenvalue weighted by molar-refractivity contribution is 0.0622. The topological polar surface area (TPSA) is 73.7 Å². The fourth-order valence-corrected chi connectivity index (χ4v) is 4.52. The third-order valence-corrected chi connectivity index (χ3v) is 6.16. The van der Waals surface area contributed by atoms with Gasteiger partial charge in [-0.25, -0.2) is 4.98 Å². The minimum atomic E-state index is -0.0500. The number of H-pyrrole nitrogens is 1. The molecule has 1 amide bonds. The molecule has 0 aliphatic carbocycles. The fourth-order valence-electron chi connectivity index (χ4n) is 3.78. The summed E-state index contributed by atoms with van der Waals surface area (Å²) in [5, 5.41) is 1.86. The Kier molecular flexibility index (Phi) is 4.94. The molecule has 0 saturated carbocycles. The molecule has 1 aromatic carbocycles. The summed E-state index contributed by atoms with van der Waals surface area (Å²) in [5.41, 5.74) is 3.34. The van der Waals surface area contributed by atoms with Crippen molar-refractivity contribution in [3.05, 3.63) is 81.8 Å². The van der Waals surface area contributed by atoms with Crippen LogP contribution in [0, 0.1) is 0 Å². The number of hydrogen-bond acceptors (Lipinski definition) is 5. The number of piperazine rings is 1. The zero-order valence-corrected chi connectivity index (χ0v) is 17.1. The van der Waals surface area contributed by atoms with Gasteiger partial charge in [-0.05, 0) is 17.7 Å². The first-order valence-electron chi connectivity index (χ1n) is 9.89. The van der Waals surface area contributed by atoms with Gasteiger partial charge in [0.05, 0.1) is 5.69 Å². The van der Waals surface area contributed by atoms with Crippen LogP contribution in [0.25, 0.3) is 16.2 Å². The maximum atomic E-state index is 12.9. The molecule has 7 nitrogen and oxygen atoms in total. The van der Waals surface area contributed by atoms with E-state index in [0.29, 0.717) is 30.3 Å². The van der Waals surface area contributed by atoms with E-state index in [4.69, 9.17) is 0 Å². The average Bonchev–Trinajstić information content (AvgIpc) is 3.45. The maximum absolute atomic E-state index is 12.9. The first-order valence-corrected chi connectivity index (χ1v) is 10.8. The monoisotopic (exact) mass is 419 g/mol. The molecule has 4 aromatic rings. The highest BCUT2D eigenvalue weighted by Gasteiger charge is 2.23. The van der Waals surface area contributed by atoms with Crippen LogP contribution in [0.4, 0.5) is 0 Å². The van der Waals surface area contributed by atoms with Gasteiger partial charge >= 0.3 is 0 Å². The van der Waals surface area contributed by atoms with E-state index >= 15 is 0 Å². The summed E-state index contributed by atoms with van der Waals surface area (Å²) >= 11 is 1.46. The number of nitrogens with one attached hydrogen (secondary N) is 1. The molecule has 1 aliphatic heterocycles. The Bertz CT molecular complexity index is 1240. The summed E-state index contributed by atoms with van der Waals surface area (Å²) in [6.07, 6.45) is 1.74. The standard InChI is InChI=1S/C22H21N5O2S/c28-20-14-17(23-22-27(20)12-13-30-22)15-25-8-10-26(11-9-25)21(29)19-7-6-18(24-19)16-4-2-1-3-5-16/h1-7,12-14,24H,8-11,15H2. The van der Waals surface area contributed by atoms with E-state index in [9.17, 15) is 9.59 Å². The Labute approximate surface area is 177 Å². The zero-order valence-electron chi connectivity index (χ0n) is 16.3. The molecule has 1 aliphatic rings. The number of aromatic nitrogens is 3. The van der Waals surface area contributed by atoms with Crippen molar-refractivity contribution >= 4 is 22.2 Å². The van der Waals surface area contributed by atoms with Gasteiger partial charge in [-0.2, -0.15) is 0 Å². The van der Waals surface area contributed by atoms with Crippen molar-refractivity contribution in [2.24, 2.45) is 0 Å². The number of nitrogens with zero attached hydrogens (tertiary/aromatic N) is 4. The Morgan fingerprint density at radius 2 is 1.87 bits per heavy atom. The van der Waals surface area contributed by atoms with E-state index in [2.05, 4.69) is 14.9 Å². The van der Waals surface area contributed by atoms with E-state index in [1.807, 2.05) is 52.7 Å². The summed E-state index contributed by atoms with van der Waals surface area (Å²) in [5.74, 6) is 0.0215. The van der Waals surface area contributed by atoms with Crippen LogP contribution >= 0.6 is 11.3 Å². The first-order chi connectivity index (χ1) is 14.7. The van der Waals surface area contributed by atoms with E-state index < -0.39 is 0 Å². The molecule has 5 rings (SSSR count). The van der Waals surface area contributed by atoms with Crippen LogP contribution in [-0.4, -0.2) is 56.3 Å². The lowest BCUT2D eigenvalue weighted by atomic mass is 10.2. The quantitative estimate of drug-likeness (QED) is 0.552. The van der Waals surface area contributed by atoms with Gasteiger partial charge < -0.3 is 9.88 Å². The van der Waals surface area contributed by atoms with Gasteiger partial charge in [0.2, 0.25) is 0 Å². The second-order valence-electron chi connectivity index (χ2n) is 7.36. The molecule has 152 valence electrons. The summed E-state index contributed by atoms with van der Waals surface area (Å²) in [4.78, 5) is 37.7. The molecule has 3 aromatic heterocycles. The average molecular weight is 420 g/mol. The number of rotatable bonds is 4. The molecule has 4 heterocycles. The molecule has 0 atom stereocenters. The highest BCUT2D eigenvalue weighted by atomic mass is 32.1. The maximum Gasteiger partial charge on any atom is 0.270 e. The molecule has 0 radical (unpaired) electrons. The Morgan fingerprint density at radius 3 is 2.67 bits per heavy atom. The van der Waals surface area contributed by atoms with Gasteiger partial charge in [0.15, 0.2) is 4.96 Å². The van der Waals surface area contributed by atoms with E-state index in [0.717, 1.165) is 30.0 Å². The predicted octanol–water partition coefficient (Wildman–Crippen LogP) is 2.71. The second-order valence-corrected chi connectivity index (χ2v) is 8.23. The normalized spacial score (nSPS) is 15.0. The number of thiazole rings is 1. The number of hydrogen-bond donors (Lipinski definition) is 1. The van der Waals surface area contributed by atoms with Crippen molar-refractivity contribution in [2.45, 2.75) is 6.54 Å². The Hall–Kier alpha value is -3.23. The lowest BCUT2D eigenvalue weighted by Crippen LogP contribution is -2.48. The number of amides is 1. The largest absolute Gasteiger partial charge is 0.351 e. The predicted molar refractivity (Wildman–Crippen MR) is 117 cm³/mol. The second kappa shape index (κ2) is 7.89. The van der Waals surface area contributed by atoms with Gasteiger partial charge in [-0.15, -0.1) is 11.3 Å². The van der Waals surface area contributed by atoms with Gasteiger partial charge in [0.25, 0.3) is 11.5 Å². The molecule has 1 fully saturated rings. The fraction of sp³-hybridized carbons (Fsp3) is 0.227. The van der Waals surface area contributed by atoms with Crippen LogP contribution in [0.5, 0.6) is 0 Å². The highest BCUT2D eigenvalue weighted by Crippen LogP contribution is 2.19. The van der Waals surface area contributed by atoms with Crippen LogP contribution in [0.3, 0.4) is 0 Å².